The third kappa shape index (κ3) is 8.61. The SMILES string of the molecule is COC(=O)NC(C(=O)N1CCCC1c1ncc(-c2ccc3[nH]c4c(c3c2)C(Cc2ccccc2)Oc2cc(C3=NC(C5CCCN5C(=O)C(NC(=O)OC)C(C)C)NC3)ccc2-4)[nH]1)C(C)C. The summed E-state index contributed by atoms with van der Waals surface area (Å²) in [5.74, 6) is 0.952. The summed E-state index contributed by atoms with van der Waals surface area (Å²) in [6.07, 6.45) is 3.88. The van der Waals surface area contributed by atoms with Gasteiger partial charge in [0.25, 0.3) is 0 Å². The zero-order valence-corrected chi connectivity index (χ0v) is 38.4. The van der Waals surface area contributed by atoms with Gasteiger partial charge in [-0.25, -0.2) is 14.6 Å². The molecule has 0 saturated carbocycles. The van der Waals surface area contributed by atoms with Crippen LogP contribution in [0.15, 0.2) is 77.9 Å². The summed E-state index contributed by atoms with van der Waals surface area (Å²) >= 11 is 0. The number of alkyl carbamates (subject to hydrolysis) is 2. The van der Waals surface area contributed by atoms with Crippen molar-refractivity contribution in [3.05, 3.63) is 95.4 Å². The van der Waals surface area contributed by atoms with Gasteiger partial charge in [0.05, 0.1) is 49.6 Å². The number of nitrogens with one attached hydrogen (secondary N) is 5. The average Bonchev–Trinajstić information content (AvgIpc) is 4.18. The molecule has 6 unspecified atom stereocenters. The van der Waals surface area contributed by atoms with Crippen LogP contribution in [0.5, 0.6) is 5.75 Å². The molecule has 5 aromatic rings. The number of amides is 4. The van der Waals surface area contributed by atoms with Crippen LogP contribution in [0.4, 0.5) is 9.59 Å². The maximum absolute atomic E-state index is 13.8. The molecule has 16 heteroatoms. The van der Waals surface area contributed by atoms with Crippen molar-refractivity contribution < 1.29 is 33.4 Å². The number of hydrogen-bond acceptors (Lipinski definition) is 10. The highest BCUT2D eigenvalue weighted by molar-refractivity contribution is 6.05. The van der Waals surface area contributed by atoms with Gasteiger partial charge in [-0.2, -0.15) is 0 Å². The van der Waals surface area contributed by atoms with E-state index in [1.807, 2.05) is 61.9 Å². The van der Waals surface area contributed by atoms with Gasteiger partial charge >= 0.3 is 12.2 Å². The third-order valence-corrected chi connectivity index (χ3v) is 13.5. The van der Waals surface area contributed by atoms with Gasteiger partial charge in [0.2, 0.25) is 11.8 Å². The number of H-pyrrole nitrogens is 2. The molecule has 2 aromatic heterocycles. The summed E-state index contributed by atoms with van der Waals surface area (Å²) in [7, 11) is 2.59. The number of carbonyl (C=O) groups excluding carboxylic acids is 4. The number of methoxy groups -OCH3 is 2. The first kappa shape index (κ1) is 44.5. The van der Waals surface area contributed by atoms with Crippen molar-refractivity contribution in [2.24, 2.45) is 16.8 Å². The number of carbonyl (C=O) groups is 4. The Kier molecular flexibility index (Phi) is 12.6. The minimum atomic E-state index is -0.715. The molecule has 9 rings (SSSR count). The van der Waals surface area contributed by atoms with Gasteiger partial charge in [-0.05, 0) is 67.3 Å². The van der Waals surface area contributed by atoms with Crippen molar-refractivity contribution in [1.29, 1.82) is 0 Å². The lowest BCUT2D eigenvalue weighted by molar-refractivity contribution is -0.136. The Morgan fingerprint density at radius 2 is 1.50 bits per heavy atom. The van der Waals surface area contributed by atoms with Crippen molar-refractivity contribution >= 4 is 40.6 Å². The van der Waals surface area contributed by atoms with Gasteiger partial charge in [-0.1, -0.05) is 70.2 Å². The molecule has 4 aliphatic rings. The Morgan fingerprint density at radius 3 is 2.21 bits per heavy atom. The van der Waals surface area contributed by atoms with Crippen LogP contribution in [0.1, 0.15) is 88.0 Å². The Morgan fingerprint density at radius 1 is 0.818 bits per heavy atom. The predicted molar refractivity (Wildman–Crippen MR) is 250 cm³/mol. The summed E-state index contributed by atoms with van der Waals surface area (Å²) in [6.45, 7) is 9.36. The molecule has 5 N–H and O–H groups in total. The number of hydrogen-bond donors (Lipinski definition) is 5. The van der Waals surface area contributed by atoms with Crippen molar-refractivity contribution in [2.75, 3.05) is 33.9 Å². The molecular weight excluding hydrogens is 839 g/mol. The molecule has 0 spiro atoms. The number of ether oxygens (including phenoxy) is 3. The van der Waals surface area contributed by atoms with E-state index in [9.17, 15) is 19.2 Å². The second-order valence-electron chi connectivity index (χ2n) is 18.4. The normalized spacial score (nSPS) is 21.0. The Bertz CT molecular complexity index is 2660. The van der Waals surface area contributed by atoms with E-state index >= 15 is 0 Å². The number of aliphatic imine (C=N–C) groups is 1. The van der Waals surface area contributed by atoms with Gasteiger partial charge in [0.15, 0.2) is 0 Å². The second-order valence-corrected chi connectivity index (χ2v) is 18.4. The fourth-order valence-electron chi connectivity index (χ4n) is 10.1. The zero-order chi connectivity index (χ0) is 46.2. The molecular formula is C50H59N9O7. The minimum Gasteiger partial charge on any atom is -0.485 e. The van der Waals surface area contributed by atoms with E-state index in [1.54, 1.807) is 0 Å². The van der Waals surface area contributed by atoms with E-state index in [-0.39, 0.29) is 48.0 Å². The van der Waals surface area contributed by atoms with Crippen molar-refractivity contribution in [3.8, 4) is 28.3 Å². The number of rotatable bonds is 12. The fourth-order valence-corrected chi connectivity index (χ4v) is 10.1. The Labute approximate surface area is 384 Å². The topological polar surface area (TPSA) is 195 Å². The molecule has 6 atom stereocenters. The van der Waals surface area contributed by atoms with Crippen LogP contribution in [0, 0.1) is 11.8 Å². The monoisotopic (exact) mass is 897 g/mol. The number of nitrogens with zero attached hydrogens (tertiary/aromatic N) is 4. The minimum absolute atomic E-state index is 0.115. The number of aromatic amines is 2. The Balaban J connectivity index is 0.996. The van der Waals surface area contributed by atoms with E-state index in [0.29, 0.717) is 31.9 Å². The lowest BCUT2D eigenvalue weighted by atomic mass is 9.91. The molecule has 3 aromatic carbocycles. The Hall–Kier alpha value is -6.68. The van der Waals surface area contributed by atoms with Crippen LogP contribution in [-0.2, 0) is 25.5 Å². The highest BCUT2D eigenvalue weighted by atomic mass is 16.5. The number of likely N-dealkylation sites (tertiary alicyclic amines) is 2. The molecule has 0 aliphatic carbocycles. The quantitative estimate of drug-likeness (QED) is 0.0874. The lowest BCUT2D eigenvalue weighted by Crippen LogP contribution is -2.55. The van der Waals surface area contributed by atoms with Crippen LogP contribution in [-0.4, -0.2) is 113 Å². The highest BCUT2D eigenvalue weighted by Gasteiger charge is 2.41. The number of aromatic nitrogens is 3. The first-order valence-corrected chi connectivity index (χ1v) is 23.1. The summed E-state index contributed by atoms with van der Waals surface area (Å²) < 4.78 is 16.7. The largest absolute Gasteiger partial charge is 0.485 e. The molecule has 2 fully saturated rings. The predicted octanol–water partition coefficient (Wildman–Crippen LogP) is 7.04. The maximum Gasteiger partial charge on any atom is 0.407 e. The molecule has 4 aliphatic heterocycles. The summed E-state index contributed by atoms with van der Waals surface area (Å²) in [5.41, 5.74) is 8.81. The summed E-state index contributed by atoms with van der Waals surface area (Å²) in [4.78, 5) is 72.8. The van der Waals surface area contributed by atoms with Crippen LogP contribution >= 0.6 is 0 Å². The van der Waals surface area contributed by atoms with Crippen LogP contribution in [0.25, 0.3) is 33.4 Å². The van der Waals surface area contributed by atoms with Gasteiger partial charge < -0.3 is 44.6 Å². The van der Waals surface area contributed by atoms with Crippen molar-refractivity contribution in [2.45, 2.75) is 96.2 Å². The van der Waals surface area contributed by atoms with E-state index < -0.39 is 24.3 Å². The van der Waals surface area contributed by atoms with Crippen molar-refractivity contribution in [1.82, 2.24) is 40.7 Å². The lowest BCUT2D eigenvalue weighted by Gasteiger charge is -2.32. The number of benzene rings is 3. The number of fused-ring (bicyclic) bond motifs is 5. The van der Waals surface area contributed by atoms with Crippen LogP contribution in [0.3, 0.4) is 0 Å². The van der Waals surface area contributed by atoms with Crippen LogP contribution < -0.4 is 20.7 Å². The summed E-state index contributed by atoms with van der Waals surface area (Å²) in [5, 5.41) is 10.1. The second kappa shape index (κ2) is 18.7. The number of imidazole rings is 1. The van der Waals surface area contributed by atoms with Gasteiger partial charge in [0.1, 0.15) is 35.9 Å². The van der Waals surface area contributed by atoms with Crippen LogP contribution in [0.2, 0.25) is 0 Å². The van der Waals surface area contributed by atoms with Gasteiger partial charge in [-0.3, -0.25) is 19.9 Å². The zero-order valence-electron chi connectivity index (χ0n) is 38.4. The summed E-state index contributed by atoms with van der Waals surface area (Å²) in [6, 6.07) is 21.2. The van der Waals surface area contributed by atoms with Crippen molar-refractivity contribution in [3.63, 3.8) is 0 Å². The molecule has 66 heavy (non-hydrogen) atoms. The maximum atomic E-state index is 13.8. The molecule has 16 nitrogen and oxygen atoms in total. The highest BCUT2D eigenvalue weighted by Crippen LogP contribution is 2.47. The smallest absolute Gasteiger partial charge is 0.407 e. The first-order valence-electron chi connectivity index (χ1n) is 23.1. The van der Waals surface area contributed by atoms with Gasteiger partial charge in [0, 0.05) is 59.2 Å². The molecule has 4 amide bonds. The molecule has 2 saturated heterocycles. The molecule has 0 bridgehead atoms. The average molecular weight is 898 g/mol. The van der Waals surface area contributed by atoms with Gasteiger partial charge in [-0.15, -0.1) is 0 Å². The standard InChI is InChI=1S/C50H59N9O7/c1-27(2)42(56-49(62)64-5)47(60)58-20-10-14-37(58)45-51-25-35(54-45)30-17-19-34-33(23-30)41-40(22-29-12-8-7-9-13-29)66-39-24-31(16-18-32(39)44(41)53-34)36-26-52-46(55-36)38-15-11-21-59(38)48(61)43(28(3)4)57-50(63)65-6/h7-9,12-13,16-19,23-25,27-28,37-38,40,42-43,46,52-53H,10-11,14-15,20-22,26H2,1-6H3,(H,51,54)(H,56,62)(H,57,63). The third-order valence-electron chi connectivity index (χ3n) is 13.5. The molecule has 0 radical (unpaired) electrons. The van der Waals surface area contributed by atoms with E-state index in [0.717, 1.165) is 87.3 Å². The van der Waals surface area contributed by atoms with E-state index in [1.165, 1.54) is 14.2 Å². The van der Waals surface area contributed by atoms with E-state index in [2.05, 4.69) is 74.4 Å². The molecule has 6 heterocycles. The van der Waals surface area contributed by atoms with E-state index in [4.69, 9.17) is 24.2 Å². The molecule has 346 valence electrons. The first-order chi connectivity index (χ1) is 31.9. The fraction of sp³-hybridized carbons (Fsp3) is 0.440.